The molecule has 6 heteroatoms. The van der Waals surface area contributed by atoms with Gasteiger partial charge in [-0.2, -0.15) is 5.10 Å². The van der Waals surface area contributed by atoms with Crippen molar-refractivity contribution in [3.8, 4) is 0 Å². The van der Waals surface area contributed by atoms with Crippen molar-refractivity contribution in [3.63, 3.8) is 0 Å². The first-order valence-corrected chi connectivity index (χ1v) is 8.43. The van der Waals surface area contributed by atoms with E-state index in [1.165, 1.54) is 5.56 Å². The lowest BCUT2D eigenvalue weighted by molar-refractivity contribution is -0.120. The molecule has 0 aliphatic heterocycles. The molecule has 6 nitrogen and oxygen atoms in total. The highest BCUT2D eigenvalue weighted by atomic mass is 16.5. The topological polar surface area (TPSA) is 73.0 Å². The Bertz CT molecular complexity index is 1020. The molecule has 0 spiro atoms. The third kappa shape index (κ3) is 3.64. The number of benzene rings is 2. The van der Waals surface area contributed by atoms with E-state index in [9.17, 15) is 4.79 Å². The summed E-state index contributed by atoms with van der Waals surface area (Å²) in [6, 6.07) is 17.7. The number of carbonyl (C=O) groups is 1. The zero-order chi connectivity index (χ0) is 17.8. The molecule has 0 aliphatic rings. The third-order valence-corrected chi connectivity index (χ3v) is 4.14. The van der Waals surface area contributed by atoms with Crippen LogP contribution in [0.3, 0.4) is 0 Å². The molecular formula is C20H18N4O2. The van der Waals surface area contributed by atoms with Gasteiger partial charge >= 0.3 is 0 Å². The standard InChI is InChI=1S/C20H18N4O2/c25-20(10-18-17-8-4-5-9-19(17)26-23-18)21-11-16-12-22-24(14-16)13-15-6-2-1-3-7-15/h1-9,12,14H,10-11,13H2,(H,21,25). The fraction of sp³-hybridized carbons (Fsp3) is 0.150. The maximum Gasteiger partial charge on any atom is 0.226 e. The second kappa shape index (κ2) is 7.23. The Kier molecular flexibility index (Phi) is 4.47. The zero-order valence-corrected chi connectivity index (χ0v) is 14.1. The lowest BCUT2D eigenvalue weighted by atomic mass is 10.1. The summed E-state index contributed by atoms with van der Waals surface area (Å²) in [7, 11) is 0. The fourth-order valence-electron chi connectivity index (χ4n) is 2.84. The van der Waals surface area contributed by atoms with Crippen LogP contribution in [0.2, 0.25) is 0 Å². The molecule has 0 radical (unpaired) electrons. The molecule has 4 aromatic rings. The van der Waals surface area contributed by atoms with E-state index in [2.05, 4.69) is 27.7 Å². The van der Waals surface area contributed by atoms with Crippen LogP contribution in [0.5, 0.6) is 0 Å². The van der Waals surface area contributed by atoms with Gasteiger partial charge in [0.1, 0.15) is 5.69 Å². The van der Waals surface area contributed by atoms with Crippen LogP contribution in [0, 0.1) is 0 Å². The number of carbonyl (C=O) groups excluding carboxylic acids is 1. The maximum absolute atomic E-state index is 12.2. The molecule has 2 aromatic heterocycles. The molecule has 0 saturated carbocycles. The molecule has 0 aliphatic carbocycles. The summed E-state index contributed by atoms with van der Waals surface area (Å²) < 4.78 is 7.09. The minimum absolute atomic E-state index is 0.0973. The summed E-state index contributed by atoms with van der Waals surface area (Å²) in [5, 5.41) is 12.1. The van der Waals surface area contributed by atoms with Crippen molar-refractivity contribution in [2.24, 2.45) is 0 Å². The second-order valence-electron chi connectivity index (χ2n) is 6.11. The Morgan fingerprint density at radius 2 is 1.85 bits per heavy atom. The molecule has 26 heavy (non-hydrogen) atoms. The smallest absolute Gasteiger partial charge is 0.226 e. The maximum atomic E-state index is 12.2. The number of para-hydroxylation sites is 1. The van der Waals surface area contributed by atoms with Crippen LogP contribution in [0.4, 0.5) is 0 Å². The lowest BCUT2D eigenvalue weighted by Crippen LogP contribution is -2.24. The molecule has 2 heterocycles. The molecule has 1 N–H and O–H groups in total. The molecule has 0 fully saturated rings. The Morgan fingerprint density at radius 1 is 1.04 bits per heavy atom. The highest BCUT2D eigenvalue weighted by molar-refractivity contribution is 5.86. The summed E-state index contributed by atoms with van der Waals surface area (Å²) >= 11 is 0. The van der Waals surface area contributed by atoms with Crippen molar-refractivity contribution in [1.29, 1.82) is 0 Å². The predicted octanol–water partition coefficient (Wildman–Crippen LogP) is 2.93. The van der Waals surface area contributed by atoms with Crippen LogP contribution in [0.1, 0.15) is 16.8 Å². The summed E-state index contributed by atoms with van der Waals surface area (Å²) in [6.07, 6.45) is 3.91. The van der Waals surface area contributed by atoms with Gasteiger partial charge in [-0.25, -0.2) is 0 Å². The number of fused-ring (bicyclic) bond motifs is 1. The van der Waals surface area contributed by atoms with Crippen LogP contribution in [-0.2, 0) is 24.3 Å². The normalized spacial score (nSPS) is 10.9. The highest BCUT2D eigenvalue weighted by Crippen LogP contribution is 2.18. The highest BCUT2D eigenvalue weighted by Gasteiger charge is 2.12. The second-order valence-corrected chi connectivity index (χ2v) is 6.11. The predicted molar refractivity (Wildman–Crippen MR) is 97.3 cm³/mol. The van der Waals surface area contributed by atoms with Crippen molar-refractivity contribution in [2.45, 2.75) is 19.5 Å². The number of aromatic nitrogens is 3. The van der Waals surface area contributed by atoms with Crippen molar-refractivity contribution >= 4 is 16.9 Å². The Balaban J connectivity index is 1.33. The third-order valence-electron chi connectivity index (χ3n) is 4.14. The van der Waals surface area contributed by atoms with Gasteiger partial charge in [-0.3, -0.25) is 9.48 Å². The number of hydrogen-bond acceptors (Lipinski definition) is 4. The monoisotopic (exact) mass is 346 g/mol. The molecule has 1 amide bonds. The molecule has 4 rings (SSSR count). The van der Waals surface area contributed by atoms with E-state index in [1.54, 1.807) is 6.20 Å². The van der Waals surface area contributed by atoms with E-state index in [0.29, 0.717) is 24.4 Å². The van der Waals surface area contributed by atoms with Crippen molar-refractivity contribution < 1.29 is 9.32 Å². The van der Waals surface area contributed by atoms with Crippen LogP contribution in [0.15, 0.2) is 71.5 Å². The minimum Gasteiger partial charge on any atom is -0.356 e. The van der Waals surface area contributed by atoms with Crippen LogP contribution in [0.25, 0.3) is 11.0 Å². The van der Waals surface area contributed by atoms with E-state index in [1.807, 2.05) is 53.3 Å². The van der Waals surface area contributed by atoms with Crippen LogP contribution >= 0.6 is 0 Å². The number of rotatable bonds is 6. The van der Waals surface area contributed by atoms with Gasteiger partial charge in [-0.1, -0.05) is 47.6 Å². The van der Waals surface area contributed by atoms with Crippen molar-refractivity contribution in [1.82, 2.24) is 20.3 Å². The number of nitrogens with one attached hydrogen (secondary N) is 1. The summed E-state index contributed by atoms with van der Waals surface area (Å²) in [5.41, 5.74) is 3.48. The summed E-state index contributed by atoms with van der Waals surface area (Å²) in [6.45, 7) is 1.14. The molecule has 0 unspecified atom stereocenters. The molecular weight excluding hydrogens is 328 g/mol. The van der Waals surface area contributed by atoms with E-state index in [0.717, 1.165) is 10.9 Å². The van der Waals surface area contributed by atoms with E-state index in [-0.39, 0.29) is 12.3 Å². The van der Waals surface area contributed by atoms with Crippen LogP contribution < -0.4 is 5.32 Å². The molecule has 2 aromatic carbocycles. The van der Waals surface area contributed by atoms with Gasteiger partial charge in [-0.05, 0) is 17.7 Å². The average molecular weight is 346 g/mol. The largest absolute Gasteiger partial charge is 0.356 e. The number of hydrogen-bond donors (Lipinski definition) is 1. The average Bonchev–Trinajstić information content (AvgIpc) is 3.28. The van der Waals surface area contributed by atoms with Crippen molar-refractivity contribution in [3.05, 3.63) is 83.8 Å². The van der Waals surface area contributed by atoms with Gasteiger partial charge in [0, 0.05) is 23.7 Å². The van der Waals surface area contributed by atoms with Gasteiger partial charge in [0.2, 0.25) is 5.91 Å². The molecule has 130 valence electrons. The van der Waals surface area contributed by atoms with Crippen LogP contribution in [-0.4, -0.2) is 20.8 Å². The Labute approximate surface area is 150 Å². The number of amides is 1. The Morgan fingerprint density at radius 3 is 2.73 bits per heavy atom. The zero-order valence-electron chi connectivity index (χ0n) is 14.1. The van der Waals surface area contributed by atoms with Gasteiger partial charge in [0.25, 0.3) is 0 Å². The van der Waals surface area contributed by atoms with Gasteiger partial charge < -0.3 is 9.84 Å². The minimum atomic E-state index is -0.0973. The van der Waals surface area contributed by atoms with E-state index in [4.69, 9.17) is 4.52 Å². The summed E-state index contributed by atoms with van der Waals surface area (Å²) in [5.74, 6) is -0.0973. The van der Waals surface area contributed by atoms with Crippen molar-refractivity contribution in [2.75, 3.05) is 0 Å². The van der Waals surface area contributed by atoms with Gasteiger partial charge in [0.15, 0.2) is 5.58 Å². The SMILES string of the molecule is O=C(Cc1noc2ccccc12)NCc1cnn(Cc2ccccc2)c1. The van der Waals surface area contributed by atoms with E-state index >= 15 is 0 Å². The molecule has 0 saturated heterocycles. The molecule has 0 atom stereocenters. The first kappa shape index (κ1) is 16.1. The van der Waals surface area contributed by atoms with Gasteiger partial charge in [-0.15, -0.1) is 0 Å². The Hall–Kier alpha value is -3.41. The lowest BCUT2D eigenvalue weighted by Gasteiger charge is -2.02. The number of nitrogens with zero attached hydrogens (tertiary/aromatic N) is 3. The van der Waals surface area contributed by atoms with Gasteiger partial charge in [0.05, 0.1) is 19.2 Å². The summed E-state index contributed by atoms with van der Waals surface area (Å²) in [4.78, 5) is 12.2. The quantitative estimate of drug-likeness (QED) is 0.583. The molecule has 0 bridgehead atoms. The van der Waals surface area contributed by atoms with E-state index < -0.39 is 0 Å². The first-order chi connectivity index (χ1) is 12.8. The fourth-order valence-corrected chi connectivity index (χ4v) is 2.84. The first-order valence-electron chi connectivity index (χ1n) is 8.43.